The van der Waals surface area contributed by atoms with E-state index in [1.165, 1.54) is 0 Å². The van der Waals surface area contributed by atoms with Gasteiger partial charge in [0.15, 0.2) is 0 Å². The number of aromatic nitrogens is 2. The molecule has 2 N–H and O–H groups in total. The molecule has 0 unspecified atom stereocenters. The highest BCUT2D eigenvalue weighted by Gasteiger charge is 2.19. The Bertz CT molecular complexity index is 946. The van der Waals surface area contributed by atoms with Crippen LogP contribution in [0.15, 0.2) is 40.9 Å². The fraction of sp³-hybridized carbons (Fsp3) is 0.391. The van der Waals surface area contributed by atoms with E-state index in [2.05, 4.69) is 23.8 Å². The minimum absolute atomic E-state index is 0.140. The summed E-state index contributed by atoms with van der Waals surface area (Å²) in [7, 11) is 1.65. The first kappa shape index (κ1) is 20.7. The Labute approximate surface area is 171 Å². The molecule has 0 saturated heterocycles. The molecule has 0 spiro atoms. The number of methoxy groups -OCH3 is 1. The Kier molecular flexibility index (Phi) is 6.75. The number of nitrogens with zero attached hydrogens (tertiary/aromatic N) is 1. The number of unbranched alkanes of at least 4 members (excludes halogenated alkanes) is 1. The average molecular weight is 396 g/mol. The van der Waals surface area contributed by atoms with Gasteiger partial charge in [-0.2, -0.15) is 0 Å². The van der Waals surface area contributed by atoms with Crippen LogP contribution in [-0.4, -0.2) is 35.4 Å². The third-order valence-electron chi connectivity index (χ3n) is 5.11. The zero-order valence-corrected chi connectivity index (χ0v) is 17.6. The van der Waals surface area contributed by atoms with Crippen LogP contribution < -0.4 is 0 Å². The topological polar surface area (TPSA) is 79.5 Å². The summed E-state index contributed by atoms with van der Waals surface area (Å²) in [5.41, 5.74) is 6.87. The van der Waals surface area contributed by atoms with Crippen LogP contribution in [0.25, 0.3) is 6.08 Å². The van der Waals surface area contributed by atoms with Crippen molar-refractivity contribution in [1.82, 2.24) is 9.97 Å². The predicted octanol–water partition coefficient (Wildman–Crippen LogP) is 4.61. The minimum Gasteiger partial charge on any atom is -0.494 e. The van der Waals surface area contributed by atoms with Crippen LogP contribution in [0.2, 0.25) is 0 Å². The quantitative estimate of drug-likeness (QED) is 0.481. The number of carbonyl (C=O) groups is 1. The van der Waals surface area contributed by atoms with Gasteiger partial charge in [-0.1, -0.05) is 13.3 Å². The van der Waals surface area contributed by atoms with E-state index in [4.69, 9.17) is 14.5 Å². The highest BCUT2D eigenvalue weighted by molar-refractivity contribution is 6.11. The van der Waals surface area contributed by atoms with Gasteiger partial charge in [0, 0.05) is 30.1 Å². The van der Waals surface area contributed by atoms with Gasteiger partial charge in [0.2, 0.25) is 0 Å². The summed E-state index contributed by atoms with van der Waals surface area (Å²) in [5.74, 6) is 0.584. The van der Waals surface area contributed by atoms with E-state index >= 15 is 0 Å². The normalized spacial score (nSPS) is 14.8. The molecule has 1 aliphatic heterocycles. The molecule has 3 rings (SSSR count). The number of aryl methyl sites for hydroxylation is 1. The molecule has 0 fully saturated rings. The van der Waals surface area contributed by atoms with Gasteiger partial charge in [0.1, 0.15) is 11.5 Å². The van der Waals surface area contributed by atoms with Crippen LogP contribution in [0.5, 0.6) is 0 Å². The average Bonchev–Trinajstić information content (AvgIpc) is 3.42. The molecule has 1 aliphatic rings. The molecule has 0 aliphatic carbocycles. The lowest BCUT2D eigenvalue weighted by Gasteiger charge is -2.05. The summed E-state index contributed by atoms with van der Waals surface area (Å²) in [5, 5.41) is 0. The van der Waals surface area contributed by atoms with Crippen molar-refractivity contribution in [1.29, 1.82) is 0 Å². The number of hydrogen-bond donors (Lipinski definition) is 2. The fourth-order valence-electron chi connectivity index (χ4n) is 3.41. The van der Waals surface area contributed by atoms with Gasteiger partial charge >= 0.3 is 5.97 Å². The Balaban J connectivity index is 1.76. The summed E-state index contributed by atoms with van der Waals surface area (Å²) in [6.45, 7) is 6.68. The Morgan fingerprint density at radius 2 is 2.14 bits per heavy atom. The van der Waals surface area contributed by atoms with Crippen molar-refractivity contribution < 1.29 is 14.3 Å². The molecular formula is C23H29N3O3. The van der Waals surface area contributed by atoms with Crippen molar-refractivity contribution in [3.05, 3.63) is 64.1 Å². The standard InChI is InChI=1S/C23H29N3O3/c1-5-6-12-29-23(27)10-9-17-15(2)19(25-16(17)3)13-21-22(28-4)14-20(26-21)18-8-7-11-24-18/h7-8,11,13-14,24-25H,5-6,9-10,12H2,1-4H3. The molecule has 0 aromatic carbocycles. The van der Waals surface area contributed by atoms with Gasteiger partial charge in [-0.05, 0) is 56.0 Å². The SMILES string of the molecule is CCCCOC(=O)CCc1c(C)[nH]c(C=C2N=C(c3ccc[nH]3)C=C2OC)c1C. The first-order valence-corrected chi connectivity index (χ1v) is 10.1. The summed E-state index contributed by atoms with van der Waals surface area (Å²) in [4.78, 5) is 23.2. The number of H-pyrrole nitrogens is 2. The number of allylic oxidation sites excluding steroid dienone is 1. The maximum absolute atomic E-state index is 11.9. The fourth-order valence-corrected chi connectivity index (χ4v) is 3.41. The van der Waals surface area contributed by atoms with Gasteiger partial charge in [-0.15, -0.1) is 0 Å². The summed E-state index contributed by atoms with van der Waals surface area (Å²) in [6.07, 6.45) is 8.77. The Hall–Kier alpha value is -3.02. The van der Waals surface area contributed by atoms with Gasteiger partial charge in [-0.25, -0.2) is 4.99 Å². The van der Waals surface area contributed by atoms with E-state index < -0.39 is 0 Å². The minimum atomic E-state index is -0.140. The number of carbonyl (C=O) groups excluding carboxylic acids is 1. The van der Waals surface area contributed by atoms with Crippen molar-refractivity contribution in [3.63, 3.8) is 0 Å². The summed E-state index contributed by atoms with van der Waals surface area (Å²) < 4.78 is 10.8. The summed E-state index contributed by atoms with van der Waals surface area (Å²) in [6, 6.07) is 3.92. The number of rotatable bonds is 9. The Morgan fingerprint density at radius 3 is 2.83 bits per heavy atom. The molecule has 0 saturated carbocycles. The van der Waals surface area contributed by atoms with Crippen LogP contribution in [0.3, 0.4) is 0 Å². The third kappa shape index (κ3) is 4.88. The molecule has 29 heavy (non-hydrogen) atoms. The molecule has 0 amide bonds. The van der Waals surface area contributed by atoms with Gasteiger partial charge in [0.05, 0.1) is 25.1 Å². The van der Waals surface area contributed by atoms with E-state index in [0.29, 0.717) is 19.4 Å². The number of hydrogen-bond acceptors (Lipinski definition) is 4. The number of nitrogens with one attached hydrogen (secondary N) is 2. The second kappa shape index (κ2) is 9.45. The van der Waals surface area contributed by atoms with Crippen molar-refractivity contribution in [2.45, 2.75) is 46.5 Å². The zero-order valence-electron chi connectivity index (χ0n) is 17.6. The lowest BCUT2D eigenvalue weighted by Crippen LogP contribution is -2.07. The van der Waals surface area contributed by atoms with Crippen molar-refractivity contribution in [3.8, 4) is 0 Å². The highest BCUT2D eigenvalue weighted by Crippen LogP contribution is 2.27. The molecule has 2 aromatic rings. The molecule has 3 heterocycles. The highest BCUT2D eigenvalue weighted by atomic mass is 16.5. The van der Waals surface area contributed by atoms with Crippen molar-refractivity contribution >= 4 is 17.8 Å². The number of aliphatic imine (C=N–C) groups is 1. The smallest absolute Gasteiger partial charge is 0.306 e. The molecule has 0 radical (unpaired) electrons. The third-order valence-corrected chi connectivity index (χ3v) is 5.11. The molecule has 154 valence electrons. The van der Waals surface area contributed by atoms with Crippen LogP contribution in [0, 0.1) is 13.8 Å². The Morgan fingerprint density at radius 1 is 1.31 bits per heavy atom. The first-order chi connectivity index (χ1) is 14.0. The van der Waals surface area contributed by atoms with Crippen LogP contribution in [0.1, 0.15) is 54.4 Å². The number of aromatic amines is 2. The van der Waals surface area contributed by atoms with E-state index in [0.717, 1.165) is 58.2 Å². The second-order valence-electron chi connectivity index (χ2n) is 7.16. The van der Waals surface area contributed by atoms with E-state index in [9.17, 15) is 4.79 Å². The molecular weight excluding hydrogens is 366 g/mol. The van der Waals surface area contributed by atoms with Gasteiger partial charge in [-0.3, -0.25) is 4.79 Å². The van der Waals surface area contributed by atoms with Crippen LogP contribution in [-0.2, 0) is 20.7 Å². The maximum Gasteiger partial charge on any atom is 0.306 e. The lowest BCUT2D eigenvalue weighted by molar-refractivity contribution is -0.143. The molecule has 6 heteroatoms. The maximum atomic E-state index is 11.9. The molecule has 0 bridgehead atoms. The van der Waals surface area contributed by atoms with Gasteiger partial charge < -0.3 is 19.4 Å². The van der Waals surface area contributed by atoms with E-state index in [1.807, 2.05) is 37.4 Å². The van der Waals surface area contributed by atoms with E-state index in [-0.39, 0.29) is 5.97 Å². The van der Waals surface area contributed by atoms with Crippen LogP contribution in [0.4, 0.5) is 0 Å². The predicted molar refractivity (Wildman–Crippen MR) is 115 cm³/mol. The molecule has 0 atom stereocenters. The number of ether oxygens (including phenoxy) is 2. The van der Waals surface area contributed by atoms with E-state index in [1.54, 1.807) is 7.11 Å². The molecule has 6 nitrogen and oxygen atoms in total. The molecule has 2 aromatic heterocycles. The second-order valence-corrected chi connectivity index (χ2v) is 7.16. The number of esters is 1. The van der Waals surface area contributed by atoms with Crippen molar-refractivity contribution in [2.75, 3.05) is 13.7 Å². The monoisotopic (exact) mass is 395 g/mol. The van der Waals surface area contributed by atoms with Crippen molar-refractivity contribution in [2.24, 2.45) is 4.99 Å². The zero-order chi connectivity index (χ0) is 20.8. The largest absolute Gasteiger partial charge is 0.494 e. The van der Waals surface area contributed by atoms with Gasteiger partial charge in [0.25, 0.3) is 0 Å². The first-order valence-electron chi connectivity index (χ1n) is 10.1. The lowest BCUT2D eigenvalue weighted by atomic mass is 10.0. The summed E-state index contributed by atoms with van der Waals surface area (Å²) >= 11 is 0. The van der Waals surface area contributed by atoms with Crippen LogP contribution >= 0.6 is 0 Å².